The molecule has 122 valence electrons. The molecule has 6 nitrogen and oxygen atoms in total. The Balaban J connectivity index is 1.50. The van der Waals surface area contributed by atoms with Gasteiger partial charge in [0.05, 0.1) is 6.54 Å². The van der Waals surface area contributed by atoms with Crippen molar-refractivity contribution in [1.29, 1.82) is 0 Å². The lowest BCUT2D eigenvalue weighted by molar-refractivity contribution is 0.224. The van der Waals surface area contributed by atoms with Gasteiger partial charge in [0.25, 0.3) is 0 Å². The standard InChI is InChI=1S/C15H18FN5OS/c16-11-7-13(21(9-11)10-14-18-5-6-23-14)8-19-15(22)20-12-1-3-17-4-2-12/h1-6,11,13H,7-10H2,(H2,17,19,20,22)/t11-,13-/m0/s1. The predicted octanol–water partition coefficient (Wildman–Crippen LogP) is 2.27. The van der Waals surface area contributed by atoms with Gasteiger partial charge in [0.1, 0.15) is 11.2 Å². The Morgan fingerprint density at radius 2 is 2.22 bits per heavy atom. The summed E-state index contributed by atoms with van der Waals surface area (Å²) in [7, 11) is 0. The third kappa shape index (κ3) is 4.46. The van der Waals surface area contributed by atoms with Gasteiger partial charge in [-0.05, 0) is 18.6 Å². The number of nitrogens with one attached hydrogen (secondary N) is 2. The maximum absolute atomic E-state index is 13.7. The fourth-order valence-electron chi connectivity index (χ4n) is 2.65. The molecular formula is C15H18FN5OS. The summed E-state index contributed by atoms with van der Waals surface area (Å²) in [5.74, 6) is 0. The Morgan fingerprint density at radius 1 is 1.39 bits per heavy atom. The lowest BCUT2D eigenvalue weighted by atomic mass is 10.2. The first-order valence-electron chi connectivity index (χ1n) is 7.42. The Labute approximate surface area is 137 Å². The zero-order valence-electron chi connectivity index (χ0n) is 12.5. The largest absolute Gasteiger partial charge is 0.336 e. The topological polar surface area (TPSA) is 70.2 Å². The van der Waals surface area contributed by atoms with Crippen molar-refractivity contribution >= 4 is 23.1 Å². The van der Waals surface area contributed by atoms with Crippen molar-refractivity contribution in [3.05, 3.63) is 41.1 Å². The van der Waals surface area contributed by atoms with Crippen molar-refractivity contribution in [2.75, 3.05) is 18.4 Å². The highest BCUT2D eigenvalue weighted by Crippen LogP contribution is 2.23. The van der Waals surface area contributed by atoms with Crippen LogP contribution in [-0.4, -0.2) is 46.2 Å². The predicted molar refractivity (Wildman–Crippen MR) is 87.1 cm³/mol. The van der Waals surface area contributed by atoms with Crippen LogP contribution in [0.15, 0.2) is 36.1 Å². The Morgan fingerprint density at radius 3 is 2.96 bits per heavy atom. The van der Waals surface area contributed by atoms with E-state index in [0.717, 1.165) is 5.01 Å². The van der Waals surface area contributed by atoms with Gasteiger partial charge in [-0.2, -0.15) is 0 Å². The highest BCUT2D eigenvalue weighted by atomic mass is 32.1. The van der Waals surface area contributed by atoms with Gasteiger partial charge in [0.2, 0.25) is 0 Å². The Kier molecular flexibility index (Phi) is 5.14. The van der Waals surface area contributed by atoms with Gasteiger partial charge < -0.3 is 10.6 Å². The summed E-state index contributed by atoms with van der Waals surface area (Å²) in [6, 6.07) is 3.10. The van der Waals surface area contributed by atoms with Crippen LogP contribution in [0.25, 0.3) is 0 Å². The summed E-state index contributed by atoms with van der Waals surface area (Å²) in [5, 5.41) is 8.41. The van der Waals surface area contributed by atoms with Gasteiger partial charge >= 0.3 is 6.03 Å². The highest BCUT2D eigenvalue weighted by Gasteiger charge is 2.32. The number of alkyl halides is 1. The molecule has 1 saturated heterocycles. The quantitative estimate of drug-likeness (QED) is 0.879. The molecule has 0 aliphatic carbocycles. The number of hydrogen-bond donors (Lipinski definition) is 2. The number of rotatable bonds is 5. The van der Waals surface area contributed by atoms with Crippen molar-refractivity contribution in [3.8, 4) is 0 Å². The fourth-order valence-corrected chi connectivity index (χ4v) is 3.30. The zero-order valence-corrected chi connectivity index (χ0v) is 13.3. The number of nitrogens with zero attached hydrogens (tertiary/aromatic N) is 3. The van der Waals surface area contributed by atoms with E-state index < -0.39 is 6.17 Å². The Hall–Kier alpha value is -2.06. The minimum atomic E-state index is -0.856. The molecule has 2 aromatic heterocycles. The number of likely N-dealkylation sites (tertiary alicyclic amines) is 1. The third-order valence-electron chi connectivity index (χ3n) is 3.74. The van der Waals surface area contributed by atoms with E-state index in [4.69, 9.17) is 0 Å². The van der Waals surface area contributed by atoms with Gasteiger partial charge in [0.15, 0.2) is 0 Å². The first kappa shape index (κ1) is 15.8. The van der Waals surface area contributed by atoms with Crippen LogP contribution in [-0.2, 0) is 6.54 Å². The summed E-state index contributed by atoms with van der Waals surface area (Å²) in [5.41, 5.74) is 0.673. The number of hydrogen-bond acceptors (Lipinski definition) is 5. The summed E-state index contributed by atoms with van der Waals surface area (Å²) >= 11 is 1.56. The van der Waals surface area contributed by atoms with E-state index in [1.54, 1.807) is 42.1 Å². The number of urea groups is 1. The number of halogens is 1. The van der Waals surface area contributed by atoms with E-state index in [9.17, 15) is 9.18 Å². The molecule has 0 aromatic carbocycles. The van der Waals surface area contributed by atoms with Gasteiger partial charge in [-0.15, -0.1) is 11.3 Å². The second kappa shape index (κ2) is 7.47. The third-order valence-corrected chi connectivity index (χ3v) is 4.50. The fraction of sp³-hybridized carbons (Fsp3) is 0.400. The molecule has 2 amide bonds. The summed E-state index contributed by atoms with van der Waals surface area (Å²) < 4.78 is 13.7. The Bertz CT molecular complexity index is 624. The van der Waals surface area contributed by atoms with Crippen molar-refractivity contribution in [3.63, 3.8) is 0 Å². The second-order valence-electron chi connectivity index (χ2n) is 5.41. The van der Waals surface area contributed by atoms with Crippen LogP contribution >= 0.6 is 11.3 Å². The average molecular weight is 335 g/mol. The van der Waals surface area contributed by atoms with Crippen molar-refractivity contribution < 1.29 is 9.18 Å². The van der Waals surface area contributed by atoms with Crippen LogP contribution in [0.4, 0.5) is 14.9 Å². The number of carbonyl (C=O) groups is 1. The molecule has 1 aliphatic heterocycles. The number of pyridine rings is 1. The smallest absolute Gasteiger partial charge is 0.319 e. The first-order valence-corrected chi connectivity index (χ1v) is 8.30. The number of thiazole rings is 1. The molecule has 2 atom stereocenters. The summed E-state index contributed by atoms with van der Waals surface area (Å²) in [6.07, 6.45) is 4.54. The number of amides is 2. The molecule has 2 N–H and O–H groups in total. The maximum atomic E-state index is 13.7. The molecule has 23 heavy (non-hydrogen) atoms. The molecule has 0 radical (unpaired) electrons. The monoisotopic (exact) mass is 335 g/mol. The van der Waals surface area contributed by atoms with Gasteiger partial charge in [-0.3, -0.25) is 9.88 Å². The van der Waals surface area contributed by atoms with E-state index in [2.05, 4.69) is 20.6 Å². The molecule has 0 bridgehead atoms. The first-order chi connectivity index (χ1) is 11.2. The van der Waals surface area contributed by atoms with Crippen LogP contribution in [0.2, 0.25) is 0 Å². The summed E-state index contributed by atoms with van der Waals surface area (Å²) in [4.78, 5) is 22.1. The molecular weight excluding hydrogens is 317 g/mol. The van der Waals surface area contributed by atoms with E-state index >= 15 is 0 Å². The van der Waals surface area contributed by atoms with E-state index in [1.165, 1.54) is 0 Å². The minimum Gasteiger partial charge on any atom is -0.336 e. The van der Waals surface area contributed by atoms with Gasteiger partial charge in [0, 0.05) is 48.8 Å². The van der Waals surface area contributed by atoms with Crippen LogP contribution < -0.4 is 10.6 Å². The average Bonchev–Trinajstić information content (AvgIpc) is 3.16. The van der Waals surface area contributed by atoms with Crippen LogP contribution in [0.5, 0.6) is 0 Å². The second-order valence-corrected chi connectivity index (χ2v) is 6.39. The van der Waals surface area contributed by atoms with Crippen LogP contribution in [0, 0.1) is 0 Å². The molecule has 3 rings (SSSR count). The van der Waals surface area contributed by atoms with Crippen LogP contribution in [0.3, 0.4) is 0 Å². The molecule has 0 unspecified atom stereocenters. The lowest BCUT2D eigenvalue weighted by Crippen LogP contribution is -2.41. The van der Waals surface area contributed by atoms with Gasteiger partial charge in [-0.25, -0.2) is 14.2 Å². The molecule has 2 aromatic rings. The molecule has 1 fully saturated rings. The molecule has 0 saturated carbocycles. The summed E-state index contributed by atoms with van der Waals surface area (Å²) in [6.45, 7) is 1.41. The van der Waals surface area contributed by atoms with Gasteiger partial charge in [-0.1, -0.05) is 0 Å². The van der Waals surface area contributed by atoms with Crippen molar-refractivity contribution in [2.24, 2.45) is 0 Å². The molecule has 3 heterocycles. The van der Waals surface area contributed by atoms with Crippen molar-refractivity contribution in [2.45, 2.75) is 25.2 Å². The number of aromatic nitrogens is 2. The van der Waals surface area contributed by atoms with E-state index in [1.807, 2.05) is 10.3 Å². The number of carbonyl (C=O) groups excluding carboxylic acids is 1. The van der Waals surface area contributed by atoms with Crippen molar-refractivity contribution in [1.82, 2.24) is 20.2 Å². The highest BCUT2D eigenvalue weighted by molar-refractivity contribution is 7.09. The maximum Gasteiger partial charge on any atom is 0.319 e. The molecule has 8 heteroatoms. The van der Waals surface area contributed by atoms with E-state index in [-0.39, 0.29) is 12.1 Å². The van der Waals surface area contributed by atoms with Crippen LogP contribution in [0.1, 0.15) is 11.4 Å². The number of anilines is 1. The molecule has 1 aliphatic rings. The lowest BCUT2D eigenvalue weighted by Gasteiger charge is -2.23. The SMILES string of the molecule is O=C(NC[C@@H]1C[C@H](F)CN1Cc1nccs1)Nc1ccncc1. The minimum absolute atomic E-state index is 0.0166. The van der Waals surface area contributed by atoms with E-state index in [0.29, 0.717) is 31.7 Å². The molecule has 0 spiro atoms. The normalized spacial score (nSPS) is 21.3. The zero-order chi connectivity index (χ0) is 16.1.